The van der Waals surface area contributed by atoms with Gasteiger partial charge in [-0.1, -0.05) is 57.2 Å². The molecule has 0 saturated carbocycles. The lowest BCUT2D eigenvalue weighted by molar-refractivity contribution is -0.129. The SMILES string of the molecule is CC[C@H](Oc1ccc2c(c1)CCCC2)C(=O)N[C@@H](CC(C)C)c1ccccc1. The second kappa shape index (κ2) is 9.77. The van der Waals surface area contributed by atoms with Crippen molar-refractivity contribution in [2.75, 3.05) is 0 Å². The average molecular weight is 380 g/mol. The molecule has 28 heavy (non-hydrogen) atoms. The Labute approximate surface area is 169 Å². The summed E-state index contributed by atoms with van der Waals surface area (Å²) in [7, 11) is 0. The maximum atomic E-state index is 13.0. The molecular weight excluding hydrogens is 346 g/mol. The lowest BCUT2D eigenvalue weighted by Crippen LogP contribution is -2.40. The van der Waals surface area contributed by atoms with Gasteiger partial charge in [0.1, 0.15) is 5.75 Å². The van der Waals surface area contributed by atoms with Crippen LogP contribution in [0.15, 0.2) is 48.5 Å². The van der Waals surface area contributed by atoms with E-state index in [0.717, 1.165) is 30.6 Å². The number of hydrogen-bond acceptors (Lipinski definition) is 2. The monoisotopic (exact) mass is 379 g/mol. The summed E-state index contributed by atoms with van der Waals surface area (Å²) in [6, 6.07) is 16.5. The molecule has 150 valence electrons. The fraction of sp³-hybridized carbons (Fsp3) is 0.480. The molecule has 0 aliphatic heterocycles. The topological polar surface area (TPSA) is 38.3 Å². The normalized spacial score (nSPS) is 15.6. The molecule has 2 atom stereocenters. The minimum atomic E-state index is -0.472. The Morgan fingerprint density at radius 2 is 1.75 bits per heavy atom. The van der Waals surface area contributed by atoms with Gasteiger partial charge in [0.05, 0.1) is 6.04 Å². The fourth-order valence-electron chi connectivity index (χ4n) is 3.97. The van der Waals surface area contributed by atoms with E-state index in [2.05, 4.69) is 43.4 Å². The molecule has 1 amide bonds. The molecule has 0 bridgehead atoms. The largest absolute Gasteiger partial charge is 0.481 e. The molecule has 1 aliphatic carbocycles. The Morgan fingerprint density at radius 3 is 2.43 bits per heavy atom. The first kappa shape index (κ1) is 20.4. The van der Waals surface area contributed by atoms with Crippen LogP contribution in [-0.4, -0.2) is 12.0 Å². The number of benzene rings is 2. The van der Waals surface area contributed by atoms with Crippen LogP contribution in [0, 0.1) is 5.92 Å². The summed E-state index contributed by atoms with van der Waals surface area (Å²) in [5.74, 6) is 1.27. The third-order valence-corrected chi connectivity index (χ3v) is 5.49. The van der Waals surface area contributed by atoms with E-state index in [1.165, 1.54) is 24.0 Å². The van der Waals surface area contributed by atoms with E-state index < -0.39 is 6.10 Å². The lowest BCUT2D eigenvalue weighted by Gasteiger charge is -2.25. The molecule has 0 saturated heterocycles. The first-order valence-corrected chi connectivity index (χ1v) is 10.7. The van der Waals surface area contributed by atoms with Crippen LogP contribution in [0.3, 0.4) is 0 Å². The number of amides is 1. The summed E-state index contributed by atoms with van der Waals surface area (Å²) < 4.78 is 6.12. The van der Waals surface area contributed by atoms with Gasteiger partial charge in [-0.25, -0.2) is 0 Å². The molecule has 2 aromatic carbocycles. The molecule has 0 radical (unpaired) electrons. The highest BCUT2D eigenvalue weighted by atomic mass is 16.5. The van der Waals surface area contributed by atoms with Gasteiger partial charge in [-0.2, -0.15) is 0 Å². The summed E-state index contributed by atoms with van der Waals surface area (Å²) in [5.41, 5.74) is 3.95. The van der Waals surface area contributed by atoms with Crippen molar-refractivity contribution < 1.29 is 9.53 Å². The van der Waals surface area contributed by atoms with Gasteiger partial charge in [0.25, 0.3) is 5.91 Å². The molecule has 0 fully saturated rings. The highest BCUT2D eigenvalue weighted by Gasteiger charge is 2.23. The fourth-order valence-corrected chi connectivity index (χ4v) is 3.97. The van der Waals surface area contributed by atoms with Crippen molar-refractivity contribution in [3.05, 3.63) is 65.2 Å². The van der Waals surface area contributed by atoms with E-state index in [1.807, 2.05) is 31.2 Å². The Morgan fingerprint density at radius 1 is 1.04 bits per heavy atom. The third-order valence-electron chi connectivity index (χ3n) is 5.49. The molecular formula is C25H33NO2. The zero-order valence-electron chi connectivity index (χ0n) is 17.4. The minimum absolute atomic E-state index is 0.00915. The van der Waals surface area contributed by atoms with E-state index in [9.17, 15) is 4.79 Å². The Balaban J connectivity index is 1.69. The van der Waals surface area contributed by atoms with Gasteiger partial charge in [-0.05, 0) is 73.3 Å². The first-order valence-electron chi connectivity index (χ1n) is 10.7. The molecule has 3 nitrogen and oxygen atoms in total. The molecule has 1 aliphatic rings. The maximum Gasteiger partial charge on any atom is 0.261 e. The van der Waals surface area contributed by atoms with Crippen LogP contribution in [0.25, 0.3) is 0 Å². The van der Waals surface area contributed by atoms with Gasteiger partial charge < -0.3 is 10.1 Å². The van der Waals surface area contributed by atoms with Gasteiger partial charge in [-0.15, -0.1) is 0 Å². The van der Waals surface area contributed by atoms with Gasteiger partial charge in [0.2, 0.25) is 0 Å². The number of fused-ring (bicyclic) bond motifs is 1. The Bertz CT molecular complexity index is 769. The van der Waals surface area contributed by atoms with Gasteiger partial charge in [0, 0.05) is 0 Å². The quantitative estimate of drug-likeness (QED) is 0.646. The lowest BCUT2D eigenvalue weighted by atomic mass is 9.92. The molecule has 0 spiro atoms. The Kier molecular flexibility index (Phi) is 7.13. The van der Waals surface area contributed by atoms with E-state index in [0.29, 0.717) is 12.3 Å². The maximum absolute atomic E-state index is 13.0. The van der Waals surface area contributed by atoms with Crippen molar-refractivity contribution in [3.63, 3.8) is 0 Å². The van der Waals surface area contributed by atoms with Gasteiger partial charge >= 0.3 is 0 Å². The standard InChI is InChI=1S/C25H33NO2/c1-4-24(28-22-15-14-19-10-8-9-13-21(19)17-22)25(27)26-23(16-18(2)3)20-11-6-5-7-12-20/h5-7,11-12,14-15,17-18,23-24H,4,8-10,13,16H2,1-3H3,(H,26,27)/t23-,24-/m0/s1. The van der Waals surface area contributed by atoms with Crippen molar-refractivity contribution >= 4 is 5.91 Å². The number of ether oxygens (including phenoxy) is 1. The highest BCUT2D eigenvalue weighted by Crippen LogP contribution is 2.27. The average Bonchev–Trinajstić information content (AvgIpc) is 2.71. The molecule has 2 aromatic rings. The highest BCUT2D eigenvalue weighted by molar-refractivity contribution is 5.81. The smallest absolute Gasteiger partial charge is 0.261 e. The van der Waals surface area contributed by atoms with E-state index in [1.54, 1.807) is 0 Å². The summed E-state index contributed by atoms with van der Waals surface area (Å²) in [4.78, 5) is 13.0. The number of rotatable bonds is 8. The second-order valence-corrected chi connectivity index (χ2v) is 8.25. The zero-order valence-corrected chi connectivity index (χ0v) is 17.4. The van der Waals surface area contributed by atoms with Gasteiger partial charge in [-0.3, -0.25) is 4.79 Å². The second-order valence-electron chi connectivity index (χ2n) is 8.25. The van der Waals surface area contributed by atoms with Crippen molar-refractivity contribution in [2.24, 2.45) is 5.92 Å². The van der Waals surface area contributed by atoms with Gasteiger partial charge in [0.15, 0.2) is 6.10 Å². The first-order chi connectivity index (χ1) is 13.6. The van der Waals surface area contributed by atoms with Crippen molar-refractivity contribution in [1.82, 2.24) is 5.32 Å². The number of carbonyl (C=O) groups excluding carboxylic acids is 1. The summed E-state index contributed by atoms with van der Waals surface area (Å²) in [5, 5.41) is 3.23. The molecule has 1 N–H and O–H groups in total. The minimum Gasteiger partial charge on any atom is -0.481 e. The van der Waals surface area contributed by atoms with Crippen molar-refractivity contribution in [3.8, 4) is 5.75 Å². The predicted octanol–water partition coefficient (Wildman–Crippen LogP) is 5.63. The molecule has 0 unspecified atom stereocenters. The van der Waals surface area contributed by atoms with Crippen molar-refractivity contribution in [1.29, 1.82) is 0 Å². The Hall–Kier alpha value is -2.29. The van der Waals surface area contributed by atoms with Crippen LogP contribution in [0.5, 0.6) is 5.75 Å². The van der Waals surface area contributed by atoms with E-state index >= 15 is 0 Å². The van der Waals surface area contributed by atoms with Crippen LogP contribution in [0.2, 0.25) is 0 Å². The van der Waals surface area contributed by atoms with Crippen LogP contribution >= 0.6 is 0 Å². The number of carbonyl (C=O) groups is 1. The molecule has 0 aromatic heterocycles. The van der Waals surface area contributed by atoms with E-state index in [-0.39, 0.29) is 11.9 Å². The molecule has 0 heterocycles. The molecule has 3 heteroatoms. The van der Waals surface area contributed by atoms with Crippen LogP contribution in [0.4, 0.5) is 0 Å². The number of hydrogen-bond donors (Lipinski definition) is 1. The zero-order chi connectivity index (χ0) is 19.9. The summed E-state index contributed by atoms with van der Waals surface area (Å²) >= 11 is 0. The van der Waals surface area contributed by atoms with Crippen LogP contribution < -0.4 is 10.1 Å². The number of aryl methyl sites for hydroxylation is 2. The molecule has 3 rings (SSSR count). The third kappa shape index (κ3) is 5.37. The van der Waals surface area contributed by atoms with Crippen LogP contribution in [0.1, 0.15) is 69.2 Å². The summed E-state index contributed by atoms with van der Waals surface area (Å²) in [6.07, 6.45) is 5.85. The number of nitrogens with one attached hydrogen (secondary N) is 1. The van der Waals surface area contributed by atoms with Crippen molar-refractivity contribution in [2.45, 2.75) is 71.4 Å². The predicted molar refractivity (Wildman–Crippen MR) is 115 cm³/mol. The van der Waals surface area contributed by atoms with Crippen LogP contribution in [-0.2, 0) is 17.6 Å². The summed E-state index contributed by atoms with van der Waals surface area (Å²) in [6.45, 7) is 6.37. The van der Waals surface area contributed by atoms with E-state index in [4.69, 9.17) is 4.74 Å².